The number of carbonyl (C=O) groups is 1. The molecule has 0 radical (unpaired) electrons. The Morgan fingerprint density at radius 3 is 2.66 bits per heavy atom. The molecular weight excluding hydrogens is 356 g/mol. The average molecular weight is 397 g/mol. The Labute approximate surface area is 177 Å². The van der Waals surface area contributed by atoms with Crippen LogP contribution in [0.5, 0.6) is 0 Å². The van der Waals surface area contributed by atoms with Gasteiger partial charge in [-0.15, -0.1) is 0 Å². The van der Waals surface area contributed by atoms with Gasteiger partial charge in [0.05, 0.1) is 5.60 Å². The van der Waals surface area contributed by atoms with E-state index in [1.165, 1.54) is 37.7 Å². The van der Waals surface area contributed by atoms with Crippen molar-refractivity contribution in [1.29, 1.82) is 0 Å². The Balaban J connectivity index is 1.53. The number of ketones is 1. The minimum absolute atomic E-state index is 0.0513. The van der Waals surface area contributed by atoms with Gasteiger partial charge in [0.25, 0.3) is 0 Å². The number of aliphatic hydroxyl groups is 1. The molecule has 4 rings (SSSR count). The molecule has 0 aromatic heterocycles. The lowest BCUT2D eigenvalue weighted by Gasteiger charge is -2.53. The molecular formula is C27H40O2. The van der Waals surface area contributed by atoms with Crippen LogP contribution in [-0.4, -0.2) is 16.5 Å². The van der Waals surface area contributed by atoms with Crippen molar-refractivity contribution in [2.75, 3.05) is 0 Å². The summed E-state index contributed by atoms with van der Waals surface area (Å²) in [4.78, 5) is 12.0. The van der Waals surface area contributed by atoms with E-state index in [2.05, 4.69) is 39.0 Å². The SMILES string of the molecule is C[C@H](CCCC(C)(C)O)[C@H]1CC[C@H]2C3=CC=C4CC(=O)C=C[C@]4(C)[C@H]3CC[C@]12C. The third-order valence-corrected chi connectivity index (χ3v) is 9.19. The zero-order valence-corrected chi connectivity index (χ0v) is 19.1. The predicted octanol–water partition coefficient (Wildman–Crippen LogP) is 6.41. The summed E-state index contributed by atoms with van der Waals surface area (Å²) in [6.45, 7) is 11.3. The monoisotopic (exact) mass is 396 g/mol. The summed E-state index contributed by atoms with van der Waals surface area (Å²) in [6.07, 6.45) is 17.8. The molecule has 0 aliphatic heterocycles. The highest BCUT2D eigenvalue weighted by Crippen LogP contribution is 2.65. The Hall–Kier alpha value is -1.15. The Kier molecular flexibility index (Phi) is 5.25. The van der Waals surface area contributed by atoms with Crippen LogP contribution in [0.4, 0.5) is 0 Å². The van der Waals surface area contributed by atoms with E-state index < -0.39 is 5.60 Å². The number of fused-ring (bicyclic) bond motifs is 5. The van der Waals surface area contributed by atoms with Crippen LogP contribution in [0.2, 0.25) is 0 Å². The predicted molar refractivity (Wildman–Crippen MR) is 119 cm³/mol. The van der Waals surface area contributed by atoms with Crippen molar-refractivity contribution in [1.82, 2.24) is 0 Å². The van der Waals surface area contributed by atoms with Crippen LogP contribution in [0.15, 0.2) is 35.5 Å². The van der Waals surface area contributed by atoms with E-state index >= 15 is 0 Å². The van der Waals surface area contributed by atoms with Crippen molar-refractivity contribution >= 4 is 5.78 Å². The van der Waals surface area contributed by atoms with E-state index in [0.29, 0.717) is 23.7 Å². The summed E-state index contributed by atoms with van der Waals surface area (Å²) in [5.74, 6) is 3.05. The summed E-state index contributed by atoms with van der Waals surface area (Å²) in [5.41, 5.74) is 2.93. The summed E-state index contributed by atoms with van der Waals surface area (Å²) < 4.78 is 0. The molecule has 0 spiro atoms. The van der Waals surface area contributed by atoms with Gasteiger partial charge in [0, 0.05) is 11.8 Å². The first-order valence-corrected chi connectivity index (χ1v) is 11.9. The fourth-order valence-corrected chi connectivity index (χ4v) is 7.49. The van der Waals surface area contributed by atoms with E-state index in [9.17, 15) is 9.90 Å². The molecule has 2 nitrogen and oxygen atoms in total. The summed E-state index contributed by atoms with van der Waals surface area (Å²) in [7, 11) is 0. The van der Waals surface area contributed by atoms with E-state index in [-0.39, 0.29) is 11.2 Å². The maximum atomic E-state index is 12.0. The minimum Gasteiger partial charge on any atom is -0.390 e. The molecule has 0 aromatic rings. The van der Waals surface area contributed by atoms with Crippen LogP contribution in [-0.2, 0) is 4.79 Å². The van der Waals surface area contributed by atoms with E-state index in [1.807, 2.05) is 19.9 Å². The number of allylic oxidation sites excluding steroid dienone is 6. The Bertz CT molecular complexity index is 764. The normalized spacial score (nSPS) is 39.9. The van der Waals surface area contributed by atoms with Gasteiger partial charge in [-0.05, 0) is 81.1 Å². The van der Waals surface area contributed by atoms with Gasteiger partial charge >= 0.3 is 0 Å². The average Bonchev–Trinajstić information content (AvgIpc) is 2.98. The largest absolute Gasteiger partial charge is 0.390 e. The molecule has 0 unspecified atom stereocenters. The molecule has 4 aliphatic carbocycles. The van der Waals surface area contributed by atoms with Crippen molar-refractivity contribution in [3.63, 3.8) is 0 Å². The molecule has 0 saturated heterocycles. The number of carbonyl (C=O) groups excluding carboxylic acids is 1. The molecule has 4 aliphatic rings. The Morgan fingerprint density at radius 2 is 1.93 bits per heavy atom. The smallest absolute Gasteiger partial charge is 0.159 e. The highest BCUT2D eigenvalue weighted by atomic mass is 16.3. The topological polar surface area (TPSA) is 37.3 Å². The van der Waals surface area contributed by atoms with Crippen LogP contribution in [0.3, 0.4) is 0 Å². The van der Waals surface area contributed by atoms with E-state index in [1.54, 1.807) is 5.57 Å². The van der Waals surface area contributed by atoms with Crippen LogP contribution < -0.4 is 0 Å². The first kappa shape index (κ1) is 21.1. The second-order valence-electron chi connectivity index (χ2n) is 11.6. The van der Waals surface area contributed by atoms with Gasteiger partial charge in [-0.25, -0.2) is 0 Å². The lowest BCUT2D eigenvalue weighted by molar-refractivity contribution is -0.114. The molecule has 2 fully saturated rings. The second-order valence-corrected chi connectivity index (χ2v) is 11.6. The fourth-order valence-electron chi connectivity index (χ4n) is 7.49. The van der Waals surface area contributed by atoms with Crippen molar-refractivity contribution in [2.24, 2.45) is 34.5 Å². The van der Waals surface area contributed by atoms with Gasteiger partial charge < -0.3 is 5.11 Å². The number of hydrogen-bond donors (Lipinski definition) is 1. The molecule has 2 heteroatoms. The third-order valence-electron chi connectivity index (χ3n) is 9.19. The maximum Gasteiger partial charge on any atom is 0.159 e. The van der Waals surface area contributed by atoms with Crippen molar-refractivity contribution in [3.8, 4) is 0 Å². The Morgan fingerprint density at radius 1 is 1.17 bits per heavy atom. The fraction of sp³-hybridized carbons (Fsp3) is 0.741. The molecule has 29 heavy (non-hydrogen) atoms. The highest BCUT2D eigenvalue weighted by Gasteiger charge is 2.56. The van der Waals surface area contributed by atoms with Gasteiger partial charge in [-0.3, -0.25) is 4.79 Å². The van der Waals surface area contributed by atoms with Gasteiger partial charge in [-0.1, -0.05) is 63.0 Å². The maximum absolute atomic E-state index is 12.0. The van der Waals surface area contributed by atoms with Crippen LogP contribution >= 0.6 is 0 Å². The molecule has 0 amide bonds. The van der Waals surface area contributed by atoms with Crippen molar-refractivity contribution in [3.05, 3.63) is 35.5 Å². The number of rotatable bonds is 5. The minimum atomic E-state index is -0.540. The van der Waals surface area contributed by atoms with Gasteiger partial charge in [0.15, 0.2) is 5.78 Å². The quantitative estimate of drug-likeness (QED) is 0.583. The molecule has 1 N–H and O–H groups in total. The molecule has 160 valence electrons. The van der Waals surface area contributed by atoms with Crippen LogP contribution in [0, 0.1) is 34.5 Å². The van der Waals surface area contributed by atoms with E-state index in [4.69, 9.17) is 0 Å². The molecule has 2 saturated carbocycles. The van der Waals surface area contributed by atoms with E-state index in [0.717, 1.165) is 24.7 Å². The first-order valence-electron chi connectivity index (χ1n) is 11.9. The van der Waals surface area contributed by atoms with Gasteiger partial charge in [0.1, 0.15) is 0 Å². The second kappa shape index (κ2) is 7.22. The first-order chi connectivity index (χ1) is 13.5. The summed E-state index contributed by atoms with van der Waals surface area (Å²) in [6, 6.07) is 0. The lowest BCUT2D eigenvalue weighted by Crippen LogP contribution is -2.45. The molecule has 0 aromatic carbocycles. The molecule has 0 heterocycles. The van der Waals surface area contributed by atoms with Gasteiger partial charge in [0.2, 0.25) is 0 Å². The lowest BCUT2D eigenvalue weighted by atomic mass is 9.51. The molecule has 6 atom stereocenters. The van der Waals surface area contributed by atoms with Crippen molar-refractivity contribution in [2.45, 2.75) is 91.6 Å². The van der Waals surface area contributed by atoms with Crippen LogP contribution in [0.25, 0.3) is 0 Å². The standard InChI is InChI=1S/C27H40O2/c1-18(7-6-14-25(2,3)29)22-10-11-23-21-9-8-19-17-20(28)12-15-26(19,4)24(21)13-16-27(22,23)5/h8-9,12,15,18,22-24,29H,6-7,10-11,13-14,16-17H2,1-5H3/t18-,22-,23+,24+,26+,27-/m1/s1. The van der Waals surface area contributed by atoms with Gasteiger partial charge in [-0.2, -0.15) is 0 Å². The zero-order valence-electron chi connectivity index (χ0n) is 19.1. The zero-order chi connectivity index (χ0) is 21.0. The van der Waals surface area contributed by atoms with Crippen LogP contribution in [0.1, 0.15) is 86.0 Å². The third kappa shape index (κ3) is 3.60. The summed E-state index contributed by atoms with van der Waals surface area (Å²) >= 11 is 0. The molecule has 0 bridgehead atoms. The highest BCUT2D eigenvalue weighted by molar-refractivity contribution is 5.93. The number of hydrogen-bond acceptors (Lipinski definition) is 2. The van der Waals surface area contributed by atoms with Crippen molar-refractivity contribution < 1.29 is 9.90 Å². The summed E-state index contributed by atoms with van der Waals surface area (Å²) in [5, 5.41) is 10.1.